The highest BCUT2D eigenvalue weighted by atomic mass is 16.6. The summed E-state index contributed by atoms with van der Waals surface area (Å²) in [5, 5.41) is 2.86. The third kappa shape index (κ3) is 5.77. The average molecular weight is 402 g/mol. The minimum Gasteiger partial charge on any atom is -0.481 e. The van der Waals surface area contributed by atoms with Gasteiger partial charge in [0.2, 0.25) is 5.88 Å². The molecular formula is C21H30N4O4. The van der Waals surface area contributed by atoms with Gasteiger partial charge in [0, 0.05) is 18.3 Å². The van der Waals surface area contributed by atoms with Gasteiger partial charge in [-0.2, -0.15) is 0 Å². The molecule has 1 aliphatic rings. The van der Waals surface area contributed by atoms with Crippen LogP contribution in [-0.4, -0.2) is 53.6 Å². The second kappa shape index (κ2) is 8.92. The maximum atomic E-state index is 11.9. The number of amides is 1. The van der Waals surface area contributed by atoms with E-state index in [9.17, 15) is 4.79 Å². The number of fused-ring (bicyclic) bond motifs is 1. The largest absolute Gasteiger partial charge is 0.481 e. The van der Waals surface area contributed by atoms with E-state index in [2.05, 4.69) is 15.3 Å². The van der Waals surface area contributed by atoms with Gasteiger partial charge in [-0.15, -0.1) is 0 Å². The van der Waals surface area contributed by atoms with Crippen LogP contribution in [0.4, 0.5) is 4.79 Å². The summed E-state index contributed by atoms with van der Waals surface area (Å²) in [4.78, 5) is 20.8. The minimum atomic E-state index is -0.519. The number of hydrogen-bond acceptors (Lipinski definition) is 7. The Kier molecular flexibility index (Phi) is 6.54. The van der Waals surface area contributed by atoms with Gasteiger partial charge in [-0.3, -0.25) is 4.98 Å². The molecule has 0 aliphatic carbocycles. The van der Waals surface area contributed by atoms with Gasteiger partial charge in [-0.25, -0.2) is 9.78 Å². The van der Waals surface area contributed by atoms with Gasteiger partial charge in [0.25, 0.3) is 0 Å². The molecule has 3 rings (SSSR count). The summed E-state index contributed by atoms with van der Waals surface area (Å²) in [5.74, 6) is 0.547. The molecule has 0 radical (unpaired) electrons. The van der Waals surface area contributed by atoms with E-state index in [4.69, 9.17) is 19.9 Å². The van der Waals surface area contributed by atoms with Crippen molar-refractivity contribution in [1.29, 1.82) is 0 Å². The standard InChI is InChI=1S/C21H30N4O4/c1-21(2,3)29-20(26)24-14-5-7-17(28-12-14)15(22)11-13-9-10-23-16-6-8-18(27-4)25-19(13)16/h6,8-10,14-15,17H,5,7,11-12,22H2,1-4H3,(H,24,26)/t14-,15+,17+/m1/s1. The molecule has 3 heterocycles. The lowest BCUT2D eigenvalue weighted by molar-refractivity contribution is -0.0198. The molecule has 3 atom stereocenters. The summed E-state index contributed by atoms with van der Waals surface area (Å²) in [6, 6.07) is 5.36. The van der Waals surface area contributed by atoms with Crippen molar-refractivity contribution in [2.45, 2.75) is 63.8 Å². The minimum absolute atomic E-state index is 0.0685. The van der Waals surface area contributed by atoms with Crippen molar-refractivity contribution in [2.24, 2.45) is 5.73 Å². The molecule has 3 N–H and O–H groups in total. The quantitative estimate of drug-likeness (QED) is 0.791. The first-order valence-electron chi connectivity index (χ1n) is 9.90. The van der Waals surface area contributed by atoms with Crippen LogP contribution >= 0.6 is 0 Å². The molecule has 2 aromatic rings. The number of aromatic nitrogens is 2. The Morgan fingerprint density at radius 1 is 1.34 bits per heavy atom. The number of methoxy groups -OCH3 is 1. The number of rotatable bonds is 5. The maximum Gasteiger partial charge on any atom is 0.407 e. The number of hydrogen-bond donors (Lipinski definition) is 2. The molecule has 158 valence electrons. The highest BCUT2D eigenvalue weighted by molar-refractivity contribution is 5.78. The van der Waals surface area contributed by atoms with Crippen LogP contribution < -0.4 is 15.8 Å². The highest BCUT2D eigenvalue weighted by Gasteiger charge is 2.29. The van der Waals surface area contributed by atoms with Crippen LogP contribution in [0.1, 0.15) is 39.2 Å². The number of pyridine rings is 2. The predicted octanol–water partition coefficient (Wildman–Crippen LogP) is 2.58. The van der Waals surface area contributed by atoms with Crippen molar-refractivity contribution >= 4 is 17.1 Å². The third-order valence-corrected chi connectivity index (χ3v) is 4.82. The van der Waals surface area contributed by atoms with E-state index < -0.39 is 11.7 Å². The van der Waals surface area contributed by atoms with Crippen molar-refractivity contribution in [3.63, 3.8) is 0 Å². The highest BCUT2D eigenvalue weighted by Crippen LogP contribution is 2.23. The van der Waals surface area contributed by atoms with Gasteiger partial charge < -0.3 is 25.3 Å². The van der Waals surface area contributed by atoms with Crippen LogP contribution in [0.2, 0.25) is 0 Å². The van der Waals surface area contributed by atoms with Gasteiger partial charge in [0.1, 0.15) is 5.60 Å². The molecule has 0 saturated carbocycles. The van der Waals surface area contributed by atoms with E-state index in [0.29, 0.717) is 18.9 Å². The predicted molar refractivity (Wildman–Crippen MR) is 110 cm³/mol. The maximum absolute atomic E-state index is 11.9. The first-order chi connectivity index (χ1) is 13.7. The van der Waals surface area contributed by atoms with E-state index in [0.717, 1.165) is 29.4 Å². The molecule has 2 aromatic heterocycles. The van der Waals surface area contributed by atoms with Crippen LogP contribution in [0.25, 0.3) is 11.0 Å². The molecule has 1 aliphatic heterocycles. The molecule has 1 amide bonds. The van der Waals surface area contributed by atoms with E-state index in [1.807, 2.05) is 32.9 Å². The summed E-state index contributed by atoms with van der Waals surface area (Å²) in [5.41, 5.74) is 8.55. The number of carbonyl (C=O) groups excluding carboxylic acids is 1. The molecule has 8 nitrogen and oxygen atoms in total. The molecule has 8 heteroatoms. The van der Waals surface area contributed by atoms with Crippen molar-refractivity contribution in [2.75, 3.05) is 13.7 Å². The summed E-state index contributed by atoms with van der Waals surface area (Å²) >= 11 is 0. The van der Waals surface area contributed by atoms with E-state index >= 15 is 0 Å². The second-order valence-electron chi connectivity index (χ2n) is 8.35. The lowest BCUT2D eigenvalue weighted by Gasteiger charge is -2.33. The molecule has 0 aromatic carbocycles. The van der Waals surface area contributed by atoms with E-state index in [1.54, 1.807) is 19.4 Å². The van der Waals surface area contributed by atoms with E-state index in [1.165, 1.54) is 0 Å². The number of alkyl carbamates (subject to hydrolysis) is 1. The summed E-state index contributed by atoms with van der Waals surface area (Å²) < 4.78 is 16.5. The normalized spacial score (nSPS) is 20.9. The Labute approximate surface area is 171 Å². The molecule has 1 fully saturated rings. The first-order valence-corrected chi connectivity index (χ1v) is 9.90. The Morgan fingerprint density at radius 2 is 2.14 bits per heavy atom. The Bertz CT molecular complexity index is 844. The van der Waals surface area contributed by atoms with Gasteiger partial charge >= 0.3 is 6.09 Å². The SMILES string of the molecule is COc1ccc2nccc(C[C@H](N)[C@@H]3CC[C@@H](NC(=O)OC(C)(C)C)CO3)c2n1. The third-order valence-electron chi connectivity index (χ3n) is 4.82. The van der Waals surface area contributed by atoms with Gasteiger partial charge in [-0.1, -0.05) is 0 Å². The fraction of sp³-hybridized carbons (Fsp3) is 0.571. The summed E-state index contributed by atoms with van der Waals surface area (Å²) in [6.45, 7) is 5.94. The molecule has 0 spiro atoms. The van der Waals surface area contributed by atoms with Crippen LogP contribution in [0, 0.1) is 0 Å². The van der Waals surface area contributed by atoms with Gasteiger partial charge in [0.05, 0.1) is 36.9 Å². The van der Waals surface area contributed by atoms with Crippen LogP contribution in [0.3, 0.4) is 0 Å². The van der Waals surface area contributed by atoms with Crippen molar-refractivity contribution in [3.8, 4) is 5.88 Å². The van der Waals surface area contributed by atoms with Gasteiger partial charge in [0.15, 0.2) is 0 Å². The summed E-state index contributed by atoms with van der Waals surface area (Å²) in [6.07, 6.45) is 3.44. The first kappa shape index (κ1) is 21.3. The molecule has 29 heavy (non-hydrogen) atoms. The Balaban J connectivity index is 1.57. The van der Waals surface area contributed by atoms with Gasteiger partial charge in [-0.05, 0) is 57.7 Å². The summed E-state index contributed by atoms with van der Waals surface area (Å²) in [7, 11) is 1.59. The van der Waals surface area contributed by atoms with E-state index in [-0.39, 0.29) is 18.2 Å². The monoisotopic (exact) mass is 402 g/mol. The molecule has 1 saturated heterocycles. The van der Waals surface area contributed by atoms with Crippen LogP contribution in [0.15, 0.2) is 24.4 Å². The van der Waals surface area contributed by atoms with Crippen LogP contribution in [0.5, 0.6) is 5.88 Å². The zero-order chi connectivity index (χ0) is 21.0. The topological polar surface area (TPSA) is 109 Å². The lowest BCUT2D eigenvalue weighted by atomic mass is 9.95. The Hall–Kier alpha value is -2.45. The second-order valence-corrected chi connectivity index (χ2v) is 8.35. The zero-order valence-corrected chi connectivity index (χ0v) is 17.5. The number of nitrogens with zero attached hydrogens (tertiary/aromatic N) is 2. The smallest absolute Gasteiger partial charge is 0.407 e. The lowest BCUT2D eigenvalue weighted by Crippen LogP contribution is -2.49. The van der Waals surface area contributed by atoms with Crippen molar-refractivity contribution in [1.82, 2.24) is 15.3 Å². The number of nitrogens with two attached hydrogens (primary N) is 1. The number of ether oxygens (including phenoxy) is 3. The molecular weight excluding hydrogens is 372 g/mol. The molecule has 0 unspecified atom stereocenters. The van der Waals surface area contributed by atoms with Crippen molar-refractivity contribution in [3.05, 3.63) is 30.0 Å². The van der Waals surface area contributed by atoms with Crippen LogP contribution in [-0.2, 0) is 15.9 Å². The van der Waals surface area contributed by atoms with Crippen molar-refractivity contribution < 1.29 is 19.0 Å². The zero-order valence-electron chi connectivity index (χ0n) is 17.5. The fourth-order valence-corrected chi connectivity index (χ4v) is 3.42. The number of nitrogens with one attached hydrogen (secondary N) is 1. The Morgan fingerprint density at radius 3 is 2.79 bits per heavy atom. The molecule has 0 bridgehead atoms. The average Bonchev–Trinajstić information content (AvgIpc) is 2.67. The fourth-order valence-electron chi connectivity index (χ4n) is 3.42. The number of carbonyl (C=O) groups is 1.